The Labute approximate surface area is 96.7 Å². The lowest BCUT2D eigenvalue weighted by Gasteiger charge is -2.27. The Balaban J connectivity index is 2.29. The molecule has 0 radical (unpaired) electrons. The SMILES string of the molecule is CCNC(C)(COCC1CCOC1)C(N)=O. The first-order valence-corrected chi connectivity index (χ1v) is 5.79. The Kier molecular flexibility index (Phi) is 5.18. The fourth-order valence-corrected chi connectivity index (χ4v) is 1.74. The smallest absolute Gasteiger partial charge is 0.239 e. The molecule has 2 atom stereocenters. The summed E-state index contributed by atoms with van der Waals surface area (Å²) in [4.78, 5) is 11.3. The van der Waals surface area contributed by atoms with Gasteiger partial charge < -0.3 is 20.5 Å². The Morgan fingerprint density at radius 3 is 2.94 bits per heavy atom. The summed E-state index contributed by atoms with van der Waals surface area (Å²) in [5, 5.41) is 3.05. The van der Waals surface area contributed by atoms with E-state index in [1.165, 1.54) is 0 Å². The number of ether oxygens (including phenoxy) is 2. The molecule has 0 spiro atoms. The number of primary amides is 1. The highest BCUT2D eigenvalue weighted by atomic mass is 16.5. The quantitative estimate of drug-likeness (QED) is 0.640. The average molecular weight is 230 g/mol. The van der Waals surface area contributed by atoms with Gasteiger partial charge in [-0.05, 0) is 19.9 Å². The maximum atomic E-state index is 11.3. The summed E-state index contributed by atoms with van der Waals surface area (Å²) in [6, 6.07) is 0. The predicted molar refractivity (Wildman–Crippen MR) is 61.0 cm³/mol. The normalized spacial score (nSPS) is 24.2. The second kappa shape index (κ2) is 6.18. The van der Waals surface area contributed by atoms with Gasteiger partial charge in [0.25, 0.3) is 0 Å². The van der Waals surface area contributed by atoms with Crippen LogP contribution in [0.1, 0.15) is 20.3 Å². The molecule has 0 saturated carbocycles. The standard InChI is InChI=1S/C11H22N2O3/c1-3-13-11(2,10(12)14)8-16-7-9-4-5-15-6-9/h9,13H,3-8H2,1-2H3,(H2,12,14). The van der Waals surface area contributed by atoms with Crippen molar-refractivity contribution >= 4 is 5.91 Å². The summed E-state index contributed by atoms with van der Waals surface area (Å²) in [5.41, 5.74) is 4.58. The molecule has 1 aliphatic rings. The molecular formula is C11H22N2O3. The molecule has 1 rings (SSSR count). The van der Waals surface area contributed by atoms with Crippen molar-refractivity contribution < 1.29 is 14.3 Å². The Bertz CT molecular complexity index is 229. The van der Waals surface area contributed by atoms with Crippen LogP contribution >= 0.6 is 0 Å². The van der Waals surface area contributed by atoms with Crippen LogP contribution in [0, 0.1) is 5.92 Å². The van der Waals surface area contributed by atoms with Crippen LogP contribution in [0.25, 0.3) is 0 Å². The van der Waals surface area contributed by atoms with Gasteiger partial charge in [0, 0.05) is 12.5 Å². The number of amides is 1. The van der Waals surface area contributed by atoms with Crippen LogP contribution in [0.5, 0.6) is 0 Å². The van der Waals surface area contributed by atoms with E-state index in [-0.39, 0.29) is 5.91 Å². The van der Waals surface area contributed by atoms with Gasteiger partial charge in [0.05, 0.1) is 19.8 Å². The molecule has 1 heterocycles. The number of hydrogen-bond acceptors (Lipinski definition) is 4. The molecule has 5 nitrogen and oxygen atoms in total. The minimum atomic E-state index is -0.770. The zero-order valence-electron chi connectivity index (χ0n) is 10.1. The van der Waals surface area contributed by atoms with Gasteiger partial charge in [-0.2, -0.15) is 0 Å². The Hall–Kier alpha value is -0.650. The van der Waals surface area contributed by atoms with E-state index in [2.05, 4.69) is 5.32 Å². The fourth-order valence-electron chi connectivity index (χ4n) is 1.74. The van der Waals surface area contributed by atoms with Crippen LogP contribution in [0.2, 0.25) is 0 Å². The number of hydrogen-bond donors (Lipinski definition) is 2. The number of carbonyl (C=O) groups is 1. The first kappa shape index (κ1) is 13.4. The summed E-state index contributed by atoms with van der Waals surface area (Å²) in [5.74, 6) is 0.0794. The minimum absolute atomic E-state index is 0.312. The van der Waals surface area contributed by atoms with Crippen molar-refractivity contribution in [2.24, 2.45) is 11.7 Å². The van der Waals surface area contributed by atoms with E-state index in [0.717, 1.165) is 19.6 Å². The first-order valence-electron chi connectivity index (χ1n) is 5.79. The molecule has 1 fully saturated rings. The summed E-state index contributed by atoms with van der Waals surface area (Å²) >= 11 is 0. The van der Waals surface area contributed by atoms with Gasteiger partial charge >= 0.3 is 0 Å². The number of rotatable bonds is 7. The third-order valence-corrected chi connectivity index (χ3v) is 2.88. The highest BCUT2D eigenvalue weighted by Crippen LogP contribution is 2.13. The molecule has 0 aromatic carbocycles. The summed E-state index contributed by atoms with van der Waals surface area (Å²) in [6.07, 6.45) is 1.04. The largest absolute Gasteiger partial charge is 0.381 e. The summed E-state index contributed by atoms with van der Waals surface area (Å²) in [6.45, 7) is 6.91. The highest BCUT2D eigenvalue weighted by molar-refractivity contribution is 5.84. The number of likely N-dealkylation sites (N-methyl/N-ethyl adjacent to an activating group) is 1. The van der Waals surface area contributed by atoms with Gasteiger partial charge in [0.2, 0.25) is 5.91 Å². The van der Waals surface area contributed by atoms with Crippen molar-refractivity contribution in [1.82, 2.24) is 5.32 Å². The van der Waals surface area contributed by atoms with Gasteiger partial charge in [-0.1, -0.05) is 6.92 Å². The van der Waals surface area contributed by atoms with Crippen LogP contribution in [0.3, 0.4) is 0 Å². The molecule has 3 N–H and O–H groups in total. The number of carbonyl (C=O) groups excluding carboxylic acids is 1. The molecule has 0 bridgehead atoms. The van der Waals surface area contributed by atoms with Crippen LogP contribution in [0.4, 0.5) is 0 Å². The monoisotopic (exact) mass is 230 g/mol. The van der Waals surface area contributed by atoms with Gasteiger partial charge in [-0.25, -0.2) is 0 Å². The Morgan fingerprint density at radius 1 is 1.69 bits per heavy atom. The van der Waals surface area contributed by atoms with Crippen molar-refractivity contribution in [3.8, 4) is 0 Å². The topological polar surface area (TPSA) is 73.6 Å². The van der Waals surface area contributed by atoms with Gasteiger partial charge in [0.15, 0.2) is 0 Å². The van der Waals surface area contributed by atoms with Crippen LogP contribution in [0.15, 0.2) is 0 Å². The van der Waals surface area contributed by atoms with Gasteiger partial charge in [-0.3, -0.25) is 4.79 Å². The summed E-state index contributed by atoms with van der Waals surface area (Å²) in [7, 11) is 0. The van der Waals surface area contributed by atoms with Crippen LogP contribution in [-0.4, -0.2) is 44.4 Å². The lowest BCUT2D eigenvalue weighted by molar-refractivity contribution is -0.126. The number of nitrogens with one attached hydrogen (secondary N) is 1. The van der Waals surface area contributed by atoms with Crippen LogP contribution in [-0.2, 0) is 14.3 Å². The van der Waals surface area contributed by atoms with Crippen molar-refractivity contribution in [1.29, 1.82) is 0 Å². The number of nitrogens with two attached hydrogens (primary N) is 1. The van der Waals surface area contributed by atoms with E-state index >= 15 is 0 Å². The second-order valence-corrected chi connectivity index (χ2v) is 4.47. The predicted octanol–water partition coefficient (Wildman–Crippen LogP) is -0.107. The molecular weight excluding hydrogens is 208 g/mol. The molecule has 1 aliphatic heterocycles. The maximum absolute atomic E-state index is 11.3. The first-order chi connectivity index (χ1) is 7.58. The van der Waals surface area contributed by atoms with Crippen molar-refractivity contribution in [2.45, 2.75) is 25.8 Å². The molecule has 1 amide bonds. The molecule has 0 aromatic rings. The molecule has 94 valence electrons. The molecule has 16 heavy (non-hydrogen) atoms. The zero-order chi connectivity index (χ0) is 12.0. The molecule has 0 aliphatic carbocycles. The van der Waals surface area contributed by atoms with Crippen molar-refractivity contribution in [2.75, 3.05) is 33.0 Å². The van der Waals surface area contributed by atoms with Gasteiger partial charge in [-0.15, -0.1) is 0 Å². The summed E-state index contributed by atoms with van der Waals surface area (Å²) < 4.78 is 10.8. The van der Waals surface area contributed by atoms with E-state index in [4.69, 9.17) is 15.2 Å². The molecule has 5 heteroatoms. The van der Waals surface area contributed by atoms with E-state index in [1.807, 2.05) is 6.92 Å². The molecule has 2 unspecified atom stereocenters. The van der Waals surface area contributed by atoms with Gasteiger partial charge in [0.1, 0.15) is 5.54 Å². The third kappa shape index (κ3) is 3.73. The van der Waals surface area contributed by atoms with E-state index in [0.29, 0.717) is 25.7 Å². The van der Waals surface area contributed by atoms with Crippen molar-refractivity contribution in [3.63, 3.8) is 0 Å². The highest BCUT2D eigenvalue weighted by Gasteiger charge is 2.30. The van der Waals surface area contributed by atoms with E-state index < -0.39 is 5.54 Å². The minimum Gasteiger partial charge on any atom is -0.381 e. The molecule has 1 saturated heterocycles. The third-order valence-electron chi connectivity index (χ3n) is 2.88. The Morgan fingerprint density at radius 2 is 2.44 bits per heavy atom. The van der Waals surface area contributed by atoms with Crippen LogP contribution < -0.4 is 11.1 Å². The van der Waals surface area contributed by atoms with E-state index in [1.54, 1.807) is 6.92 Å². The lowest BCUT2D eigenvalue weighted by atomic mass is 10.0. The zero-order valence-corrected chi connectivity index (χ0v) is 10.1. The molecule has 0 aromatic heterocycles. The van der Waals surface area contributed by atoms with Crippen molar-refractivity contribution in [3.05, 3.63) is 0 Å². The lowest BCUT2D eigenvalue weighted by Crippen LogP contribution is -2.56. The fraction of sp³-hybridized carbons (Fsp3) is 0.909. The van der Waals surface area contributed by atoms with E-state index in [9.17, 15) is 4.79 Å². The average Bonchev–Trinajstić information content (AvgIpc) is 2.70. The maximum Gasteiger partial charge on any atom is 0.239 e. The second-order valence-electron chi connectivity index (χ2n) is 4.47.